The third kappa shape index (κ3) is 3.84. The van der Waals surface area contributed by atoms with Crippen molar-refractivity contribution in [3.8, 4) is 0 Å². The van der Waals surface area contributed by atoms with E-state index in [-0.39, 0.29) is 5.97 Å². The maximum Gasteiger partial charge on any atom is 0.330 e. The minimum Gasteiger partial charge on any atom is -0.367 e. The Kier molecular flexibility index (Phi) is 4.88. The zero-order chi connectivity index (χ0) is 14.8. The predicted molar refractivity (Wildman–Crippen MR) is 81.0 cm³/mol. The first-order valence-corrected chi connectivity index (χ1v) is 7.98. The maximum absolute atomic E-state index is 11.8. The quantitative estimate of drug-likeness (QED) is 0.802. The van der Waals surface area contributed by atoms with Gasteiger partial charge in [0.1, 0.15) is 0 Å². The fraction of sp³-hybridized carbons (Fsp3) is 0.692. The van der Waals surface area contributed by atoms with Gasteiger partial charge in [0.05, 0.1) is 24.4 Å². The van der Waals surface area contributed by atoms with Gasteiger partial charge >= 0.3 is 5.97 Å². The summed E-state index contributed by atoms with van der Waals surface area (Å²) in [6, 6.07) is 0. The van der Waals surface area contributed by atoms with Crippen molar-refractivity contribution in [2.45, 2.75) is 26.7 Å². The minimum atomic E-state index is -0.471. The summed E-state index contributed by atoms with van der Waals surface area (Å²) in [7, 11) is 0. The van der Waals surface area contributed by atoms with Crippen LogP contribution in [0.5, 0.6) is 0 Å². The number of carbonyl (C=O) groups excluding carboxylic acids is 1. The second-order valence-electron chi connectivity index (χ2n) is 5.79. The van der Waals surface area contributed by atoms with Gasteiger partial charge in [-0.05, 0) is 20.8 Å². The van der Waals surface area contributed by atoms with Gasteiger partial charge in [-0.3, -0.25) is 0 Å². The van der Waals surface area contributed by atoms with Gasteiger partial charge < -0.3 is 9.74 Å². The monoisotopic (exact) mass is 317 g/mol. The molecular formula is C13H20ClN3O2S. The molecule has 0 atom stereocenters. The molecule has 2 rings (SSSR count). The van der Waals surface area contributed by atoms with Crippen LogP contribution in [0.3, 0.4) is 0 Å². The molecule has 0 aromatic carbocycles. The Hall–Kier alpha value is -0.850. The number of alkyl halides is 1. The van der Waals surface area contributed by atoms with Gasteiger partial charge in [-0.2, -0.15) is 0 Å². The van der Waals surface area contributed by atoms with Crippen molar-refractivity contribution in [2.75, 3.05) is 31.1 Å². The third-order valence-corrected chi connectivity index (χ3v) is 4.51. The summed E-state index contributed by atoms with van der Waals surface area (Å²) in [5.74, 6) is 0.311. The molecule has 112 valence electrons. The number of aromatic nitrogens is 1. The number of halogens is 1. The number of hydroxylamine groups is 2. The van der Waals surface area contributed by atoms with Crippen LogP contribution in [0.2, 0.25) is 0 Å². The maximum atomic E-state index is 11.8. The molecule has 0 saturated carbocycles. The largest absolute Gasteiger partial charge is 0.367 e. The molecule has 0 bridgehead atoms. The van der Waals surface area contributed by atoms with Crippen molar-refractivity contribution in [3.05, 3.63) is 11.1 Å². The predicted octanol–water partition coefficient (Wildman–Crippen LogP) is 2.51. The highest BCUT2D eigenvalue weighted by Crippen LogP contribution is 2.25. The number of rotatable bonds is 3. The Morgan fingerprint density at radius 2 is 2.05 bits per heavy atom. The average molecular weight is 318 g/mol. The van der Waals surface area contributed by atoms with Crippen molar-refractivity contribution < 1.29 is 9.63 Å². The first-order chi connectivity index (χ1) is 9.40. The van der Waals surface area contributed by atoms with Crippen LogP contribution in [0.4, 0.5) is 5.13 Å². The number of anilines is 1. The van der Waals surface area contributed by atoms with Crippen LogP contribution in [-0.4, -0.2) is 42.2 Å². The van der Waals surface area contributed by atoms with Gasteiger partial charge in [0.2, 0.25) is 0 Å². The molecule has 0 amide bonds. The number of hydrogen-bond acceptors (Lipinski definition) is 6. The number of thiazole rings is 1. The van der Waals surface area contributed by atoms with Gasteiger partial charge in [-0.25, -0.2) is 9.78 Å². The summed E-state index contributed by atoms with van der Waals surface area (Å²) < 4.78 is 0. The van der Waals surface area contributed by atoms with Crippen molar-refractivity contribution >= 4 is 34.0 Å². The Morgan fingerprint density at radius 3 is 2.55 bits per heavy atom. The van der Waals surface area contributed by atoms with Gasteiger partial charge in [-0.15, -0.1) is 28.0 Å². The zero-order valence-electron chi connectivity index (χ0n) is 12.1. The molecule has 1 aliphatic rings. The Morgan fingerprint density at radius 1 is 1.40 bits per heavy atom. The molecule has 1 aromatic rings. The first-order valence-electron chi connectivity index (χ1n) is 6.63. The number of nitrogens with zero attached hydrogens (tertiary/aromatic N) is 3. The van der Waals surface area contributed by atoms with Crippen LogP contribution in [0.15, 0.2) is 6.20 Å². The zero-order valence-corrected chi connectivity index (χ0v) is 13.6. The molecule has 0 radical (unpaired) electrons. The van der Waals surface area contributed by atoms with Gasteiger partial charge in [0, 0.05) is 24.2 Å². The molecular weight excluding hydrogens is 298 g/mol. The Bertz CT molecular complexity index is 464. The average Bonchev–Trinajstić information content (AvgIpc) is 2.87. The molecule has 0 unspecified atom stereocenters. The van der Waals surface area contributed by atoms with Crippen molar-refractivity contribution in [2.24, 2.45) is 5.41 Å². The molecule has 1 aliphatic heterocycles. The van der Waals surface area contributed by atoms with Crippen LogP contribution in [0, 0.1) is 5.41 Å². The van der Waals surface area contributed by atoms with E-state index in [1.807, 2.05) is 27.0 Å². The lowest BCUT2D eigenvalue weighted by Gasteiger charge is -2.34. The van der Waals surface area contributed by atoms with Gasteiger partial charge in [-0.1, -0.05) is 0 Å². The second-order valence-corrected chi connectivity index (χ2v) is 7.15. The highest BCUT2D eigenvalue weighted by Gasteiger charge is 2.28. The molecule has 5 nitrogen and oxygen atoms in total. The van der Waals surface area contributed by atoms with E-state index in [9.17, 15) is 4.79 Å². The van der Waals surface area contributed by atoms with Gasteiger partial charge in [0.25, 0.3) is 0 Å². The van der Waals surface area contributed by atoms with E-state index in [1.165, 1.54) is 0 Å². The summed E-state index contributed by atoms with van der Waals surface area (Å²) >= 11 is 7.40. The van der Waals surface area contributed by atoms with E-state index in [4.69, 9.17) is 16.4 Å². The van der Waals surface area contributed by atoms with Gasteiger partial charge in [0.15, 0.2) is 5.13 Å². The Balaban J connectivity index is 1.85. The molecule has 1 saturated heterocycles. The number of hydrogen-bond donors (Lipinski definition) is 0. The lowest BCUT2D eigenvalue weighted by atomic mass is 9.98. The molecule has 7 heteroatoms. The third-order valence-electron chi connectivity index (χ3n) is 3.01. The molecule has 1 fully saturated rings. The molecule has 1 aromatic heterocycles. The smallest absolute Gasteiger partial charge is 0.330 e. The summed E-state index contributed by atoms with van der Waals surface area (Å²) in [5.41, 5.74) is -0.471. The van der Waals surface area contributed by atoms with E-state index < -0.39 is 5.41 Å². The Labute approximate surface area is 128 Å². The van der Waals surface area contributed by atoms with Crippen LogP contribution >= 0.6 is 22.9 Å². The molecule has 0 spiro atoms. The number of carbonyl (C=O) groups is 1. The summed E-state index contributed by atoms with van der Waals surface area (Å²) in [5, 5.41) is 2.72. The minimum absolute atomic E-state index is 0.190. The molecule has 2 heterocycles. The van der Waals surface area contributed by atoms with E-state index in [0.717, 1.165) is 23.1 Å². The number of piperazine rings is 1. The van der Waals surface area contributed by atoms with Crippen LogP contribution in [0.25, 0.3) is 0 Å². The normalized spacial score (nSPS) is 17.3. The van der Waals surface area contributed by atoms with Crippen LogP contribution in [-0.2, 0) is 15.5 Å². The summed E-state index contributed by atoms with van der Waals surface area (Å²) in [6.07, 6.45) is 1.82. The topological polar surface area (TPSA) is 45.7 Å². The van der Waals surface area contributed by atoms with Crippen LogP contribution in [0.1, 0.15) is 25.6 Å². The van der Waals surface area contributed by atoms with Crippen molar-refractivity contribution in [1.29, 1.82) is 0 Å². The second kappa shape index (κ2) is 6.28. The van der Waals surface area contributed by atoms with E-state index in [0.29, 0.717) is 19.0 Å². The standard InChI is InChI=1S/C13H20ClN3O2S/c1-13(2,3)11(18)19-17-6-4-16(5-7-17)12-15-9-10(8-14)20-12/h9H,4-8H2,1-3H3. The van der Waals surface area contributed by atoms with Crippen molar-refractivity contribution in [3.63, 3.8) is 0 Å². The van der Waals surface area contributed by atoms with E-state index in [2.05, 4.69) is 9.88 Å². The highest BCUT2D eigenvalue weighted by atomic mass is 35.5. The van der Waals surface area contributed by atoms with E-state index in [1.54, 1.807) is 16.4 Å². The fourth-order valence-electron chi connectivity index (χ4n) is 1.73. The summed E-state index contributed by atoms with van der Waals surface area (Å²) in [4.78, 5) is 24.9. The molecule has 20 heavy (non-hydrogen) atoms. The lowest BCUT2D eigenvalue weighted by molar-refractivity contribution is -0.201. The lowest BCUT2D eigenvalue weighted by Crippen LogP contribution is -2.48. The highest BCUT2D eigenvalue weighted by molar-refractivity contribution is 7.15. The summed E-state index contributed by atoms with van der Waals surface area (Å²) in [6.45, 7) is 8.55. The van der Waals surface area contributed by atoms with Crippen molar-refractivity contribution in [1.82, 2.24) is 10.0 Å². The first kappa shape index (κ1) is 15.5. The van der Waals surface area contributed by atoms with Crippen LogP contribution < -0.4 is 4.90 Å². The molecule has 0 aliphatic carbocycles. The SMILES string of the molecule is CC(C)(C)C(=O)ON1CCN(c2ncc(CCl)s2)CC1. The van der Waals surface area contributed by atoms with E-state index >= 15 is 0 Å². The fourth-order valence-corrected chi connectivity index (χ4v) is 2.77. The molecule has 0 N–H and O–H groups in total.